The van der Waals surface area contributed by atoms with Crippen LogP contribution >= 0.6 is 0 Å². The van der Waals surface area contributed by atoms with E-state index in [2.05, 4.69) is 40.5 Å². The fourth-order valence-electron chi connectivity index (χ4n) is 3.38. The van der Waals surface area contributed by atoms with Gasteiger partial charge in [0.05, 0.1) is 6.61 Å². The molecule has 20 heavy (non-hydrogen) atoms. The average Bonchev–Trinajstić information content (AvgIpc) is 2.75. The third-order valence-corrected chi connectivity index (χ3v) is 4.46. The van der Waals surface area contributed by atoms with E-state index in [1.165, 1.54) is 37.9 Å². The van der Waals surface area contributed by atoms with Crippen LogP contribution in [-0.2, 0) is 4.74 Å². The van der Waals surface area contributed by atoms with Crippen LogP contribution in [0, 0.1) is 5.92 Å². The molecule has 2 unspecified atom stereocenters. The largest absolute Gasteiger partial charge is 0.381 e. The number of ether oxygens (including phenoxy) is 1. The molecule has 2 aliphatic heterocycles. The molecule has 2 aliphatic rings. The van der Waals surface area contributed by atoms with Gasteiger partial charge in [0.1, 0.15) is 0 Å². The lowest BCUT2D eigenvalue weighted by atomic mass is 10.0. The van der Waals surface area contributed by atoms with Gasteiger partial charge in [0, 0.05) is 25.7 Å². The minimum atomic E-state index is 0.475. The molecule has 2 fully saturated rings. The van der Waals surface area contributed by atoms with Crippen molar-refractivity contribution in [3.63, 3.8) is 0 Å². The van der Waals surface area contributed by atoms with E-state index in [-0.39, 0.29) is 0 Å². The molecule has 110 valence electrons. The van der Waals surface area contributed by atoms with E-state index in [1.807, 2.05) is 0 Å². The second-order valence-electron chi connectivity index (χ2n) is 6.11. The Balaban J connectivity index is 1.60. The zero-order valence-corrected chi connectivity index (χ0v) is 12.3. The SMILES string of the molecule is c1ccc(C2CN(CC3CCCOC3)CCCN2)cc1. The Hall–Kier alpha value is -0.900. The molecule has 1 N–H and O–H groups in total. The van der Waals surface area contributed by atoms with E-state index >= 15 is 0 Å². The first-order chi connectivity index (χ1) is 9.92. The van der Waals surface area contributed by atoms with Crippen LogP contribution in [0.1, 0.15) is 30.9 Å². The van der Waals surface area contributed by atoms with Crippen molar-refractivity contribution in [3.05, 3.63) is 35.9 Å². The Morgan fingerprint density at radius 1 is 1.20 bits per heavy atom. The summed E-state index contributed by atoms with van der Waals surface area (Å²) in [6.07, 6.45) is 3.82. The topological polar surface area (TPSA) is 24.5 Å². The smallest absolute Gasteiger partial charge is 0.0506 e. The fourth-order valence-corrected chi connectivity index (χ4v) is 3.38. The molecule has 0 aromatic heterocycles. The summed E-state index contributed by atoms with van der Waals surface area (Å²) in [6, 6.07) is 11.3. The normalized spacial score (nSPS) is 29.0. The Kier molecular flexibility index (Phi) is 5.06. The van der Waals surface area contributed by atoms with Gasteiger partial charge in [-0.1, -0.05) is 30.3 Å². The van der Waals surface area contributed by atoms with Crippen LogP contribution in [0.25, 0.3) is 0 Å². The predicted octanol–water partition coefficient (Wildman–Crippen LogP) is 2.45. The van der Waals surface area contributed by atoms with Crippen molar-refractivity contribution in [1.82, 2.24) is 10.2 Å². The van der Waals surface area contributed by atoms with Crippen LogP contribution in [0.2, 0.25) is 0 Å². The highest BCUT2D eigenvalue weighted by Crippen LogP contribution is 2.20. The molecule has 0 saturated carbocycles. The number of rotatable bonds is 3. The van der Waals surface area contributed by atoms with Gasteiger partial charge in [0.25, 0.3) is 0 Å². The molecular weight excluding hydrogens is 248 g/mol. The van der Waals surface area contributed by atoms with E-state index in [9.17, 15) is 0 Å². The molecule has 1 aromatic rings. The molecule has 0 radical (unpaired) electrons. The first-order valence-electron chi connectivity index (χ1n) is 8.00. The summed E-state index contributed by atoms with van der Waals surface area (Å²) in [7, 11) is 0. The monoisotopic (exact) mass is 274 g/mol. The summed E-state index contributed by atoms with van der Waals surface area (Å²) in [6.45, 7) is 6.58. The van der Waals surface area contributed by atoms with Gasteiger partial charge in [-0.05, 0) is 43.8 Å². The number of hydrogen-bond donors (Lipinski definition) is 1. The van der Waals surface area contributed by atoms with Gasteiger partial charge in [-0.2, -0.15) is 0 Å². The van der Waals surface area contributed by atoms with Crippen molar-refractivity contribution in [1.29, 1.82) is 0 Å². The summed E-state index contributed by atoms with van der Waals surface area (Å²) in [5, 5.41) is 3.69. The molecule has 0 amide bonds. The molecule has 1 aromatic carbocycles. The Labute approximate surface area is 122 Å². The molecule has 2 saturated heterocycles. The van der Waals surface area contributed by atoms with Gasteiger partial charge in [-0.3, -0.25) is 0 Å². The minimum absolute atomic E-state index is 0.475. The quantitative estimate of drug-likeness (QED) is 0.916. The van der Waals surface area contributed by atoms with Gasteiger partial charge in [-0.15, -0.1) is 0 Å². The van der Waals surface area contributed by atoms with Crippen molar-refractivity contribution < 1.29 is 4.74 Å². The first-order valence-corrected chi connectivity index (χ1v) is 8.00. The molecule has 3 rings (SSSR count). The maximum Gasteiger partial charge on any atom is 0.0506 e. The van der Waals surface area contributed by atoms with Crippen LogP contribution < -0.4 is 5.32 Å². The van der Waals surface area contributed by atoms with Gasteiger partial charge in [0.2, 0.25) is 0 Å². The number of nitrogens with one attached hydrogen (secondary N) is 1. The number of benzene rings is 1. The maximum atomic E-state index is 5.62. The zero-order valence-electron chi connectivity index (χ0n) is 12.3. The second kappa shape index (κ2) is 7.21. The fraction of sp³-hybridized carbons (Fsp3) is 0.647. The molecule has 2 atom stereocenters. The molecular formula is C17H26N2O. The van der Waals surface area contributed by atoms with Gasteiger partial charge < -0.3 is 15.0 Å². The van der Waals surface area contributed by atoms with E-state index in [0.29, 0.717) is 6.04 Å². The maximum absolute atomic E-state index is 5.62. The third kappa shape index (κ3) is 3.81. The highest BCUT2D eigenvalue weighted by molar-refractivity contribution is 5.19. The lowest BCUT2D eigenvalue weighted by molar-refractivity contribution is 0.0382. The van der Waals surface area contributed by atoms with E-state index in [1.54, 1.807) is 0 Å². The lowest BCUT2D eigenvalue weighted by Crippen LogP contribution is -2.37. The van der Waals surface area contributed by atoms with Crippen molar-refractivity contribution in [2.45, 2.75) is 25.3 Å². The van der Waals surface area contributed by atoms with Crippen molar-refractivity contribution in [2.24, 2.45) is 5.92 Å². The van der Waals surface area contributed by atoms with Gasteiger partial charge in [0.15, 0.2) is 0 Å². The van der Waals surface area contributed by atoms with Crippen molar-refractivity contribution in [2.75, 3.05) is 39.4 Å². The zero-order chi connectivity index (χ0) is 13.6. The van der Waals surface area contributed by atoms with E-state index in [0.717, 1.165) is 32.2 Å². The summed E-state index contributed by atoms with van der Waals surface area (Å²) < 4.78 is 5.62. The van der Waals surface area contributed by atoms with E-state index in [4.69, 9.17) is 4.74 Å². The van der Waals surface area contributed by atoms with E-state index < -0.39 is 0 Å². The molecule has 3 heteroatoms. The van der Waals surface area contributed by atoms with Crippen LogP contribution in [0.5, 0.6) is 0 Å². The van der Waals surface area contributed by atoms with Crippen molar-refractivity contribution >= 4 is 0 Å². The minimum Gasteiger partial charge on any atom is -0.381 e. The summed E-state index contributed by atoms with van der Waals surface area (Å²) in [5.74, 6) is 0.735. The van der Waals surface area contributed by atoms with Crippen LogP contribution in [0.15, 0.2) is 30.3 Å². The molecule has 0 bridgehead atoms. The number of hydrogen-bond acceptors (Lipinski definition) is 3. The molecule has 2 heterocycles. The van der Waals surface area contributed by atoms with Crippen molar-refractivity contribution in [3.8, 4) is 0 Å². The summed E-state index contributed by atoms with van der Waals surface area (Å²) in [4.78, 5) is 2.64. The van der Waals surface area contributed by atoms with Crippen LogP contribution in [0.4, 0.5) is 0 Å². The van der Waals surface area contributed by atoms with Gasteiger partial charge in [-0.25, -0.2) is 0 Å². The highest BCUT2D eigenvalue weighted by Gasteiger charge is 2.22. The number of nitrogens with zero attached hydrogens (tertiary/aromatic N) is 1. The predicted molar refractivity (Wildman–Crippen MR) is 81.8 cm³/mol. The Morgan fingerprint density at radius 3 is 2.90 bits per heavy atom. The molecule has 3 nitrogen and oxygen atoms in total. The average molecular weight is 274 g/mol. The summed E-state index contributed by atoms with van der Waals surface area (Å²) in [5.41, 5.74) is 1.42. The second-order valence-corrected chi connectivity index (χ2v) is 6.11. The standard InChI is InChI=1S/C17H26N2O/c1-2-7-16(8-3-1)17-13-19(10-5-9-18-17)12-15-6-4-11-20-14-15/h1-3,7-8,15,17-18H,4-6,9-14H2. The first kappa shape index (κ1) is 14.1. The molecule has 0 spiro atoms. The highest BCUT2D eigenvalue weighted by atomic mass is 16.5. The summed E-state index contributed by atoms with van der Waals surface area (Å²) >= 11 is 0. The third-order valence-electron chi connectivity index (χ3n) is 4.46. The Bertz CT molecular complexity index is 389. The van der Waals surface area contributed by atoms with Crippen LogP contribution in [-0.4, -0.2) is 44.3 Å². The molecule has 0 aliphatic carbocycles. The lowest BCUT2D eigenvalue weighted by Gasteiger charge is -2.30. The van der Waals surface area contributed by atoms with Gasteiger partial charge >= 0.3 is 0 Å². The van der Waals surface area contributed by atoms with Crippen LogP contribution in [0.3, 0.4) is 0 Å². The Morgan fingerprint density at radius 2 is 2.10 bits per heavy atom.